The van der Waals surface area contributed by atoms with E-state index in [0.717, 1.165) is 19.3 Å². The predicted octanol–water partition coefficient (Wildman–Crippen LogP) is 0.595. The van der Waals surface area contributed by atoms with Crippen molar-refractivity contribution in [3.63, 3.8) is 0 Å². The number of carbonyl (C=O) groups excluding carboxylic acids is 1. The van der Waals surface area contributed by atoms with Gasteiger partial charge in [-0.1, -0.05) is 32.6 Å². The maximum atomic E-state index is 11.2. The second kappa shape index (κ2) is 13.5. The molecular formula is C11H23NaO4. The number of esters is 1. The molecular weight excluding hydrogens is 219 g/mol. The number of hydrogen-bond donors (Lipinski definition) is 2. The van der Waals surface area contributed by atoms with Crippen LogP contribution in [0.3, 0.4) is 0 Å². The molecule has 16 heavy (non-hydrogen) atoms. The third-order valence-corrected chi connectivity index (χ3v) is 2.19. The zero-order valence-electron chi connectivity index (χ0n) is 9.45. The molecule has 0 rings (SSSR count). The number of rotatable bonds is 9. The van der Waals surface area contributed by atoms with Crippen LogP contribution in [0.2, 0.25) is 0 Å². The van der Waals surface area contributed by atoms with E-state index in [4.69, 9.17) is 14.9 Å². The molecule has 5 heteroatoms. The Hall–Kier alpha value is 0.390. The second-order valence-corrected chi connectivity index (χ2v) is 3.64. The fraction of sp³-hybridized carbons (Fsp3) is 0.909. The number of ether oxygens (including phenoxy) is 1. The van der Waals surface area contributed by atoms with Crippen molar-refractivity contribution in [3.05, 3.63) is 0 Å². The first-order chi connectivity index (χ1) is 7.24. The van der Waals surface area contributed by atoms with Crippen molar-refractivity contribution >= 4 is 35.5 Å². The summed E-state index contributed by atoms with van der Waals surface area (Å²) < 4.78 is 4.82. The standard InChI is InChI=1S/C11H22O4.Na.H/c1-2-3-4-5-6-7-11(14)15-10(8-12)9-13;;/h10,12-13H,2-9H2,1H3;;. The molecule has 0 amide bonds. The fourth-order valence-electron chi connectivity index (χ4n) is 1.25. The molecule has 0 saturated carbocycles. The van der Waals surface area contributed by atoms with Gasteiger partial charge in [-0.2, -0.15) is 0 Å². The maximum absolute atomic E-state index is 11.2. The SMILES string of the molecule is CCCCCCCC(=O)OC(CO)CO.[NaH]. The van der Waals surface area contributed by atoms with Crippen LogP contribution in [0.25, 0.3) is 0 Å². The third-order valence-electron chi connectivity index (χ3n) is 2.19. The minimum atomic E-state index is -0.756. The molecule has 0 unspecified atom stereocenters. The topological polar surface area (TPSA) is 66.8 Å². The fourth-order valence-corrected chi connectivity index (χ4v) is 1.25. The Labute approximate surface area is 120 Å². The monoisotopic (exact) mass is 242 g/mol. The summed E-state index contributed by atoms with van der Waals surface area (Å²) in [6.07, 6.45) is 5.00. The Kier molecular flexibility index (Phi) is 15.8. The summed E-state index contributed by atoms with van der Waals surface area (Å²) in [6, 6.07) is 0. The van der Waals surface area contributed by atoms with Crippen molar-refractivity contribution in [2.75, 3.05) is 13.2 Å². The van der Waals surface area contributed by atoms with Crippen molar-refractivity contribution in [2.24, 2.45) is 0 Å². The van der Waals surface area contributed by atoms with E-state index < -0.39 is 6.10 Å². The van der Waals surface area contributed by atoms with E-state index in [1.54, 1.807) is 0 Å². The summed E-state index contributed by atoms with van der Waals surface area (Å²) in [5.41, 5.74) is 0. The summed E-state index contributed by atoms with van der Waals surface area (Å²) >= 11 is 0. The molecule has 0 spiro atoms. The van der Waals surface area contributed by atoms with Gasteiger partial charge in [0.2, 0.25) is 0 Å². The first kappa shape index (κ1) is 18.7. The molecule has 0 radical (unpaired) electrons. The zero-order valence-corrected chi connectivity index (χ0v) is 9.45. The van der Waals surface area contributed by atoms with Gasteiger partial charge in [0.05, 0.1) is 13.2 Å². The van der Waals surface area contributed by atoms with Crippen LogP contribution >= 0.6 is 0 Å². The summed E-state index contributed by atoms with van der Waals surface area (Å²) in [6.45, 7) is 1.50. The Balaban J connectivity index is 0. The van der Waals surface area contributed by atoms with Gasteiger partial charge in [-0.25, -0.2) is 0 Å². The van der Waals surface area contributed by atoms with Crippen molar-refractivity contribution in [1.82, 2.24) is 0 Å². The van der Waals surface area contributed by atoms with Crippen LogP contribution in [-0.2, 0) is 9.53 Å². The van der Waals surface area contributed by atoms with Gasteiger partial charge < -0.3 is 14.9 Å². The summed E-state index contributed by atoms with van der Waals surface area (Å²) in [4.78, 5) is 11.2. The van der Waals surface area contributed by atoms with Gasteiger partial charge in [0.25, 0.3) is 0 Å². The molecule has 0 aliphatic carbocycles. The third kappa shape index (κ3) is 10.9. The first-order valence-electron chi connectivity index (χ1n) is 5.65. The van der Waals surface area contributed by atoms with Gasteiger partial charge in [-0.3, -0.25) is 4.79 Å². The van der Waals surface area contributed by atoms with Crippen LogP contribution in [0.5, 0.6) is 0 Å². The van der Waals surface area contributed by atoms with Crippen molar-refractivity contribution < 1.29 is 19.7 Å². The molecule has 0 atom stereocenters. The van der Waals surface area contributed by atoms with E-state index in [1.807, 2.05) is 0 Å². The number of hydrogen-bond acceptors (Lipinski definition) is 4. The Morgan fingerprint density at radius 2 is 1.69 bits per heavy atom. The summed E-state index contributed by atoms with van der Waals surface area (Å²) in [5, 5.41) is 17.4. The quantitative estimate of drug-likeness (QED) is 0.353. The van der Waals surface area contributed by atoms with Crippen LogP contribution in [0.1, 0.15) is 45.4 Å². The average Bonchev–Trinajstić information content (AvgIpc) is 2.25. The molecule has 0 aromatic carbocycles. The van der Waals surface area contributed by atoms with Crippen LogP contribution < -0.4 is 0 Å². The van der Waals surface area contributed by atoms with Crippen LogP contribution in [0.15, 0.2) is 0 Å². The van der Waals surface area contributed by atoms with Crippen LogP contribution in [0.4, 0.5) is 0 Å². The zero-order chi connectivity index (χ0) is 11.5. The van der Waals surface area contributed by atoms with Gasteiger partial charge in [0.15, 0.2) is 0 Å². The van der Waals surface area contributed by atoms with E-state index in [-0.39, 0.29) is 48.7 Å². The first-order valence-corrected chi connectivity index (χ1v) is 5.65. The molecule has 0 aromatic heterocycles. The van der Waals surface area contributed by atoms with E-state index in [2.05, 4.69) is 6.92 Å². The average molecular weight is 242 g/mol. The van der Waals surface area contributed by atoms with E-state index in [9.17, 15) is 4.79 Å². The van der Waals surface area contributed by atoms with E-state index in [0.29, 0.717) is 6.42 Å². The molecule has 0 aromatic rings. The van der Waals surface area contributed by atoms with Crippen molar-refractivity contribution in [3.8, 4) is 0 Å². The van der Waals surface area contributed by atoms with Gasteiger partial charge >= 0.3 is 35.5 Å². The normalized spacial score (nSPS) is 10.0. The summed E-state index contributed by atoms with van der Waals surface area (Å²) in [7, 11) is 0. The Morgan fingerprint density at radius 3 is 2.19 bits per heavy atom. The number of unbranched alkanes of at least 4 members (excludes halogenated alkanes) is 4. The molecule has 0 fully saturated rings. The molecule has 2 N–H and O–H groups in total. The molecule has 4 nitrogen and oxygen atoms in total. The number of aliphatic hydroxyl groups is 2. The molecule has 0 heterocycles. The summed E-state index contributed by atoms with van der Waals surface area (Å²) in [5.74, 6) is -0.334. The van der Waals surface area contributed by atoms with E-state index >= 15 is 0 Å². The predicted molar refractivity (Wildman–Crippen MR) is 64.6 cm³/mol. The second-order valence-electron chi connectivity index (χ2n) is 3.64. The van der Waals surface area contributed by atoms with Crippen LogP contribution in [-0.4, -0.2) is 65.1 Å². The molecule has 92 valence electrons. The molecule has 0 aliphatic heterocycles. The van der Waals surface area contributed by atoms with Crippen LogP contribution in [0, 0.1) is 0 Å². The van der Waals surface area contributed by atoms with Gasteiger partial charge in [0.1, 0.15) is 6.10 Å². The Morgan fingerprint density at radius 1 is 1.12 bits per heavy atom. The van der Waals surface area contributed by atoms with Crippen molar-refractivity contribution in [1.29, 1.82) is 0 Å². The van der Waals surface area contributed by atoms with Gasteiger partial charge in [-0.05, 0) is 6.42 Å². The van der Waals surface area contributed by atoms with Crippen molar-refractivity contribution in [2.45, 2.75) is 51.6 Å². The van der Waals surface area contributed by atoms with E-state index in [1.165, 1.54) is 12.8 Å². The number of carbonyl (C=O) groups is 1. The minimum absolute atomic E-state index is 0. The number of aliphatic hydroxyl groups excluding tert-OH is 2. The molecule has 0 aliphatic rings. The van der Waals surface area contributed by atoms with Gasteiger partial charge in [-0.15, -0.1) is 0 Å². The van der Waals surface area contributed by atoms with Gasteiger partial charge in [0, 0.05) is 6.42 Å². The molecule has 0 bridgehead atoms. The Bertz CT molecular complexity index is 160. The molecule has 0 saturated heterocycles.